The molecule has 0 heterocycles. The maximum absolute atomic E-state index is 12.7. The van der Waals surface area contributed by atoms with Gasteiger partial charge in [0.2, 0.25) is 5.75 Å². The Balaban J connectivity index is 2.28. The molecule has 0 aliphatic rings. The number of unbranched alkanes of at least 4 members (excludes halogenated alkanes) is 1. The number of carbonyl (C=O) groups is 1. The molecule has 144 valence electrons. The molecule has 0 atom stereocenters. The molecule has 0 aliphatic heterocycles. The van der Waals surface area contributed by atoms with Gasteiger partial charge in [0.05, 0.1) is 33.5 Å². The molecule has 0 bridgehead atoms. The summed E-state index contributed by atoms with van der Waals surface area (Å²) in [4.78, 5) is 12.7. The molecule has 0 saturated carbocycles. The first-order chi connectivity index (χ1) is 13.2. The first-order valence-corrected chi connectivity index (χ1v) is 8.89. The topological polar surface area (TPSA) is 54.0 Å². The van der Waals surface area contributed by atoms with Gasteiger partial charge in [0.15, 0.2) is 17.3 Å². The van der Waals surface area contributed by atoms with Crippen LogP contribution < -0.4 is 18.9 Å². The summed E-state index contributed by atoms with van der Waals surface area (Å²) >= 11 is 0. The number of hydrogen-bond acceptors (Lipinski definition) is 5. The van der Waals surface area contributed by atoms with E-state index in [4.69, 9.17) is 18.9 Å². The van der Waals surface area contributed by atoms with E-state index in [9.17, 15) is 4.79 Å². The van der Waals surface area contributed by atoms with Crippen LogP contribution in [0.15, 0.2) is 42.5 Å². The SMILES string of the molecule is CCCCOc1ccccc1/C=C/C(=O)c1ccc(OC)c(OC)c1OC. The summed E-state index contributed by atoms with van der Waals surface area (Å²) in [5.41, 5.74) is 1.25. The highest BCUT2D eigenvalue weighted by Gasteiger charge is 2.19. The minimum Gasteiger partial charge on any atom is -0.493 e. The molecule has 0 N–H and O–H groups in total. The molecule has 0 spiro atoms. The summed E-state index contributed by atoms with van der Waals surface area (Å²) in [6, 6.07) is 11.0. The lowest BCUT2D eigenvalue weighted by Gasteiger charge is -2.14. The molecule has 2 rings (SSSR count). The number of hydrogen-bond donors (Lipinski definition) is 0. The molecule has 2 aromatic carbocycles. The Hall–Kier alpha value is -2.95. The average Bonchev–Trinajstić information content (AvgIpc) is 2.71. The maximum Gasteiger partial charge on any atom is 0.204 e. The van der Waals surface area contributed by atoms with Crippen molar-refractivity contribution in [1.29, 1.82) is 0 Å². The van der Waals surface area contributed by atoms with Crippen LogP contribution in [0.25, 0.3) is 6.08 Å². The fourth-order valence-corrected chi connectivity index (χ4v) is 2.63. The van der Waals surface area contributed by atoms with Gasteiger partial charge in [0.25, 0.3) is 0 Å². The quantitative estimate of drug-likeness (QED) is 0.342. The van der Waals surface area contributed by atoms with E-state index in [0.29, 0.717) is 29.4 Å². The number of ether oxygens (including phenoxy) is 4. The average molecular weight is 370 g/mol. The molecule has 0 fully saturated rings. The molecule has 0 saturated heterocycles. The summed E-state index contributed by atoms with van der Waals surface area (Å²) in [7, 11) is 4.54. The highest BCUT2D eigenvalue weighted by Crippen LogP contribution is 2.40. The Labute approximate surface area is 160 Å². The van der Waals surface area contributed by atoms with Crippen LogP contribution >= 0.6 is 0 Å². The number of methoxy groups -OCH3 is 3. The van der Waals surface area contributed by atoms with Crippen molar-refractivity contribution >= 4 is 11.9 Å². The largest absolute Gasteiger partial charge is 0.493 e. The predicted molar refractivity (Wildman–Crippen MR) is 106 cm³/mol. The molecule has 0 radical (unpaired) electrons. The molecule has 5 heteroatoms. The van der Waals surface area contributed by atoms with Crippen molar-refractivity contribution in [2.75, 3.05) is 27.9 Å². The maximum atomic E-state index is 12.7. The van der Waals surface area contributed by atoms with Crippen LogP contribution in [-0.2, 0) is 0 Å². The van der Waals surface area contributed by atoms with Gasteiger partial charge in [-0.05, 0) is 36.8 Å². The van der Waals surface area contributed by atoms with Crippen LogP contribution in [-0.4, -0.2) is 33.7 Å². The number of ketones is 1. The summed E-state index contributed by atoms with van der Waals surface area (Å²) < 4.78 is 21.8. The zero-order valence-corrected chi connectivity index (χ0v) is 16.3. The molecule has 0 unspecified atom stereocenters. The molecule has 2 aromatic rings. The first kappa shape index (κ1) is 20.4. The number of para-hydroxylation sites is 1. The summed E-state index contributed by atoms with van der Waals surface area (Å²) in [5, 5.41) is 0. The van der Waals surface area contributed by atoms with E-state index in [0.717, 1.165) is 24.2 Å². The van der Waals surface area contributed by atoms with Crippen LogP contribution in [0.3, 0.4) is 0 Å². The van der Waals surface area contributed by atoms with Crippen molar-refractivity contribution in [2.45, 2.75) is 19.8 Å². The van der Waals surface area contributed by atoms with Crippen LogP contribution in [0, 0.1) is 0 Å². The van der Waals surface area contributed by atoms with Gasteiger partial charge in [0.1, 0.15) is 5.75 Å². The molecule has 27 heavy (non-hydrogen) atoms. The van der Waals surface area contributed by atoms with Crippen LogP contribution in [0.4, 0.5) is 0 Å². The van der Waals surface area contributed by atoms with E-state index in [1.165, 1.54) is 27.4 Å². The van der Waals surface area contributed by atoms with E-state index in [1.54, 1.807) is 18.2 Å². The second-order valence-corrected chi connectivity index (χ2v) is 5.82. The second kappa shape index (κ2) is 10.3. The smallest absolute Gasteiger partial charge is 0.204 e. The third-order valence-electron chi connectivity index (χ3n) is 4.06. The monoisotopic (exact) mass is 370 g/mol. The molecule has 5 nitrogen and oxygen atoms in total. The fraction of sp³-hybridized carbons (Fsp3) is 0.318. The van der Waals surface area contributed by atoms with E-state index >= 15 is 0 Å². The third-order valence-corrected chi connectivity index (χ3v) is 4.06. The zero-order valence-electron chi connectivity index (χ0n) is 16.3. The number of benzene rings is 2. The molecular formula is C22H26O5. The van der Waals surface area contributed by atoms with Gasteiger partial charge < -0.3 is 18.9 Å². The van der Waals surface area contributed by atoms with Crippen molar-refractivity contribution in [2.24, 2.45) is 0 Å². The lowest BCUT2D eigenvalue weighted by Crippen LogP contribution is -2.03. The van der Waals surface area contributed by atoms with E-state index in [-0.39, 0.29) is 5.78 Å². The zero-order chi connectivity index (χ0) is 19.6. The van der Waals surface area contributed by atoms with Gasteiger partial charge >= 0.3 is 0 Å². The van der Waals surface area contributed by atoms with Crippen molar-refractivity contribution < 1.29 is 23.7 Å². The van der Waals surface area contributed by atoms with E-state index in [2.05, 4.69) is 6.92 Å². The number of rotatable bonds is 10. The lowest BCUT2D eigenvalue weighted by atomic mass is 10.1. The van der Waals surface area contributed by atoms with Crippen molar-refractivity contribution in [1.82, 2.24) is 0 Å². The van der Waals surface area contributed by atoms with Crippen LogP contribution in [0.2, 0.25) is 0 Å². The van der Waals surface area contributed by atoms with Crippen molar-refractivity contribution in [3.63, 3.8) is 0 Å². The fourth-order valence-electron chi connectivity index (χ4n) is 2.63. The van der Waals surface area contributed by atoms with Gasteiger partial charge in [0, 0.05) is 5.56 Å². The molecular weight excluding hydrogens is 344 g/mol. The molecule has 0 amide bonds. The Kier molecular flexibility index (Phi) is 7.74. The van der Waals surface area contributed by atoms with Gasteiger partial charge in [-0.25, -0.2) is 0 Å². The summed E-state index contributed by atoms with van der Waals surface area (Å²) in [6.45, 7) is 2.77. The Morgan fingerprint density at radius 1 is 0.926 bits per heavy atom. The van der Waals surface area contributed by atoms with Gasteiger partial charge in [-0.1, -0.05) is 31.5 Å². The predicted octanol–water partition coefficient (Wildman–Crippen LogP) is 4.79. The third kappa shape index (κ3) is 5.03. The van der Waals surface area contributed by atoms with Crippen LogP contribution in [0.1, 0.15) is 35.7 Å². The standard InChI is InChI=1S/C22H26O5/c1-5-6-15-27-19-10-8-7-9-16(19)11-13-18(23)17-12-14-20(24-2)22(26-4)21(17)25-3/h7-14H,5-6,15H2,1-4H3/b13-11+. The Morgan fingerprint density at radius 2 is 1.67 bits per heavy atom. The Bertz CT molecular complexity index is 795. The van der Waals surface area contributed by atoms with Crippen LogP contribution in [0.5, 0.6) is 23.0 Å². The lowest BCUT2D eigenvalue weighted by molar-refractivity contribution is 0.104. The summed E-state index contributed by atoms with van der Waals surface area (Å²) in [5.74, 6) is 1.80. The van der Waals surface area contributed by atoms with Gasteiger partial charge in [-0.2, -0.15) is 0 Å². The van der Waals surface area contributed by atoms with E-state index < -0.39 is 0 Å². The Morgan fingerprint density at radius 3 is 2.33 bits per heavy atom. The first-order valence-electron chi connectivity index (χ1n) is 8.89. The minimum atomic E-state index is -0.198. The van der Waals surface area contributed by atoms with Gasteiger partial charge in [-0.15, -0.1) is 0 Å². The second-order valence-electron chi connectivity index (χ2n) is 5.82. The minimum absolute atomic E-state index is 0.198. The van der Waals surface area contributed by atoms with E-state index in [1.807, 2.05) is 24.3 Å². The van der Waals surface area contributed by atoms with Crippen molar-refractivity contribution in [3.05, 3.63) is 53.6 Å². The van der Waals surface area contributed by atoms with Gasteiger partial charge in [-0.3, -0.25) is 4.79 Å². The van der Waals surface area contributed by atoms with Crippen molar-refractivity contribution in [3.8, 4) is 23.0 Å². The molecule has 0 aromatic heterocycles. The number of carbonyl (C=O) groups excluding carboxylic acids is 1. The summed E-state index contributed by atoms with van der Waals surface area (Å²) in [6.07, 6.45) is 5.31. The number of allylic oxidation sites excluding steroid dienone is 1. The highest BCUT2D eigenvalue weighted by molar-refractivity contribution is 6.09. The molecule has 0 aliphatic carbocycles. The normalized spacial score (nSPS) is 10.7. The highest BCUT2D eigenvalue weighted by atomic mass is 16.5.